The average Bonchev–Trinajstić information content (AvgIpc) is 2.85. The number of fused-ring (bicyclic) bond motifs is 3. The second kappa shape index (κ2) is 3.49. The summed E-state index contributed by atoms with van der Waals surface area (Å²) in [6.45, 7) is 4.54. The van der Waals surface area contributed by atoms with Gasteiger partial charge in [-0.1, -0.05) is 24.6 Å². The van der Waals surface area contributed by atoms with E-state index < -0.39 is 0 Å². The van der Waals surface area contributed by atoms with Crippen LogP contribution in [0.5, 0.6) is 0 Å². The van der Waals surface area contributed by atoms with E-state index in [1.807, 2.05) is 0 Å². The molecule has 3 aliphatic rings. The van der Waals surface area contributed by atoms with E-state index >= 15 is 0 Å². The third-order valence-corrected chi connectivity index (χ3v) is 4.83. The highest BCUT2D eigenvalue weighted by molar-refractivity contribution is 5.67. The Balaban J connectivity index is 1.89. The van der Waals surface area contributed by atoms with E-state index in [2.05, 4.69) is 35.3 Å². The van der Waals surface area contributed by atoms with Crippen molar-refractivity contribution in [2.45, 2.75) is 50.7 Å². The number of para-hydroxylation sites is 1. The molecule has 2 heteroatoms. The predicted molar refractivity (Wildman–Crippen MR) is 70.5 cm³/mol. The molecule has 2 nitrogen and oxygen atoms in total. The lowest BCUT2D eigenvalue weighted by atomic mass is 9.96. The minimum absolute atomic E-state index is 0.606. The van der Waals surface area contributed by atoms with Crippen LogP contribution in [-0.2, 0) is 6.54 Å². The molecular weight excluding hydrogens is 208 g/mol. The van der Waals surface area contributed by atoms with Gasteiger partial charge in [0.25, 0.3) is 0 Å². The number of benzene rings is 1. The van der Waals surface area contributed by atoms with Gasteiger partial charge in [0.1, 0.15) is 0 Å². The maximum atomic E-state index is 3.63. The van der Waals surface area contributed by atoms with E-state index in [1.165, 1.54) is 31.4 Å². The highest BCUT2D eigenvalue weighted by Crippen LogP contribution is 2.50. The third kappa shape index (κ3) is 1.30. The van der Waals surface area contributed by atoms with E-state index in [1.54, 1.807) is 11.3 Å². The van der Waals surface area contributed by atoms with Crippen molar-refractivity contribution in [3.63, 3.8) is 0 Å². The molecule has 1 N–H and O–H groups in total. The van der Waals surface area contributed by atoms with Gasteiger partial charge in [0.05, 0.1) is 0 Å². The second-order valence-corrected chi connectivity index (χ2v) is 5.89. The molecule has 0 spiro atoms. The van der Waals surface area contributed by atoms with Crippen LogP contribution >= 0.6 is 0 Å². The SMILES string of the molecule is C[C@H]1CN2c3c(cccc3[C@H]3CCC[C@H]32)CN1. The maximum Gasteiger partial charge on any atom is 0.0451 e. The molecule has 0 bridgehead atoms. The van der Waals surface area contributed by atoms with Crippen LogP contribution < -0.4 is 10.2 Å². The number of nitrogens with one attached hydrogen (secondary N) is 1. The molecule has 1 aliphatic carbocycles. The van der Waals surface area contributed by atoms with Gasteiger partial charge in [0.2, 0.25) is 0 Å². The first-order chi connectivity index (χ1) is 8.34. The molecule has 1 aromatic rings. The predicted octanol–water partition coefficient (Wildman–Crippen LogP) is 2.63. The highest BCUT2D eigenvalue weighted by atomic mass is 15.2. The van der Waals surface area contributed by atoms with Gasteiger partial charge in [0.15, 0.2) is 0 Å². The Hall–Kier alpha value is -1.02. The molecule has 2 aliphatic heterocycles. The number of anilines is 1. The van der Waals surface area contributed by atoms with Gasteiger partial charge in [-0.15, -0.1) is 0 Å². The Morgan fingerprint density at radius 2 is 2.24 bits per heavy atom. The first kappa shape index (κ1) is 9.95. The summed E-state index contributed by atoms with van der Waals surface area (Å²) in [6.07, 6.45) is 4.21. The Labute approximate surface area is 103 Å². The van der Waals surface area contributed by atoms with Crippen molar-refractivity contribution in [3.05, 3.63) is 29.3 Å². The monoisotopic (exact) mass is 228 g/mol. The largest absolute Gasteiger partial charge is 0.366 e. The standard InChI is InChI=1S/C15H20N2/c1-10-9-17-14-7-3-5-12(14)13-6-2-4-11(8-16-10)15(13)17/h2,4,6,10,12,14,16H,3,5,7-9H2,1H3/t10-,12+,14+/m0/s1. The molecule has 1 fully saturated rings. The molecule has 0 saturated heterocycles. The van der Waals surface area contributed by atoms with E-state index in [-0.39, 0.29) is 0 Å². The number of nitrogens with zero attached hydrogens (tertiary/aromatic N) is 1. The quantitative estimate of drug-likeness (QED) is 0.734. The molecular formula is C15H20N2. The summed E-state index contributed by atoms with van der Waals surface area (Å²) in [5, 5.41) is 3.63. The summed E-state index contributed by atoms with van der Waals surface area (Å²) in [6, 6.07) is 8.34. The number of hydrogen-bond acceptors (Lipinski definition) is 2. The number of rotatable bonds is 0. The van der Waals surface area contributed by atoms with Crippen LogP contribution in [0.3, 0.4) is 0 Å². The van der Waals surface area contributed by atoms with Crippen LogP contribution in [0.2, 0.25) is 0 Å². The van der Waals surface area contributed by atoms with Gasteiger partial charge >= 0.3 is 0 Å². The van der Waals surface area contributed by atoms with Gasteiger partial charge in [-0.2, -0.15) is 0 Å². The Morgan fingerprint density at radius 3 is 3.18 bits per heavy atom. The fourth-order valence-electron chi connectivity index (χ4n) is 4.12. The lowest BCUT2D eigenvalue weighted by Crippen LogP contribution is -2.40. The van der Waals surface area contributed by atoms with Crippen molar-refractivity contribution >= 4 is 5.69 Å². The topological polar surface area (TPSA) is 15.3 Å². The minimum Gasteiger partial charge on any atom is -0.366 e. The van der Waals surface area contributed by atoms with Gasteiger partial charge < -0.3 is 10.2 Å². The fourth-order valence-corrected chi connectivity index (χ4v) is 4.12. The lowest BCUT2D eigenvalue weighted by molar-refractivity contribution is 0.512. The smallest absolute Gasteiger partial charge is 0.0451 e. The van der Waals surface area contributed by atoms with Gasteiger partial charge in [-0.3, -0.25) is 0 Å². The highest BCUT2D eigenvalue weighted by Gasteiger charge is 2.43. The van der Waals surface area contributed by atoms with Crippen LogP contribution in [0.25, 0.3) is 0 Å². The molecule has 2 heterocycles. The number of hydrogen-bond donors (Lipinski definition) is 1. The van der Waals surface area contributed by atoms with Crippen LogP contribution in [0, 0.1) is 0 Å². The van der Waals surface area contributed by atoms with Crippen molar-refractivity contribution in [1.29, 1.82) is 0 Å². The zero-order valence-electron chi connectivity index (χ0n) is 10.4. The van der Waals surface area contributed by atoms with Crippen LogP contribution in [-0.4, -0.2) is 18.6 Å². The summed E-state index contributed by atoms with van der Waals surface area (Å²) < 4.78 is 0. The van der Waals surface area contributed by atoms with Gasteiger partial charge in [-0.25, -0.2) is 0 Å². The van der Waals surface area contributed by atoms with Crippen LogP contribution in [0.1, 0.15) is 43.2 Å². The normalized spacial score (nSPS) is 34.4. The summed E-state index contributed by atoms with van der Waals surface area (Å²) in [7, 11) is 0. The van der Waals surface area contributed by atoms with E-state index in [4.69, 9.17) is 0 Å². The van der Waals surface area contributed by atoms with Crippen molar-refractivity contribution in [1.82, 2.24) is 5.32 Å². The Morgan fingerprint density at radius 1 is 1.29 bits per heavy atom. The molecule has 0 unspecified atom stereocenters. The summed E-state index contributed by atoms with van der Waals surface area (Å²) in [5.41, 5.74) is 4.74. The lowest BCUT2D eigenvalue weighted by Gasteiger charge is -2.28. The van der Waals surface area contributed by atoms with Crippen molar-refractivity contribution < 1.29 is 0 Å². The van der Waals surface area contributed by atoms with E-state index in [9.17, 15) is 0 Å². The minimum atomic E-state index is 0.606. The van der Waals surface area contributed by atoms with Crippen molar-refractivity contribution in [3.8, 4) is 0 Å². The molecule has 3 atom stereocenters. The summed E-state index contributed by atoms with van der Waals surface area (Å²) in [5.74, 6) is 0.829. The fraction of sp³-hybridized carbons (Fsp3) is 0.600. The average molecular weight is 228 g/mol. The van der Waals surface area contributed by atoms with Gasteiger partial charge in [-0.05, 0) is 30.9 Å². The molecule has 4 rings (SSSR count). The molecule has 1 saturated carbocycles. The molecule has 17 heavy (non-hydrogen) atoms. The van der Waals surface area contributed by atoms with E-state index in [0.29, 0.717) is 6.04 Å². The van der Waals surface area contributed by atoms with Crippen molar-refractivity contribution in [2.24, 2.45) is 0 Å². The van der Waals surface area contributed by atoms with E-state index in [0.717, 1.165) is 18.5 Å². The summed E-state index contributed by atoms with van der Waals surface area (Å²) in [4.78, 5) is 2.72. The van der Waals surface area contributed by atoms with Crippen molar-refractivity contribution in [2.75, 3.05) is 11.4 Å². The Bertz CT molecular complexity index is 454. The Kier molecular flexibility index (Phi) is 2.04. The first-order valence-electron chi connectivity index (χ1n) is 6.96. The molecule has 0 amide bonds. The maximum absolute atomic E-state index is 3.63. The zero-order chi connectivity index (χ0) is 11.4. The first-order valence-corrected chi connectivity index (χ1v) is 6.96. The molecule has 90 valence electrons. The van der Waals surface area contributed by atoms with Crippen LogP contribution in [0.15, 0.2) is 18.2 Å². The molecule has 0 radical (unpaired) electrons. The summed E-state index contributed by atoms with van der Waals surface area (Å²) >= 11 is 0. The second-order valence-electron chi connectivity index (χ2n) is 5.89. The zero-order valence-corrected chi connectivity index (χ0v) is 10.4. The third-order valence-electron chi connectivity index (χ3n) is 4.83. The van der Waals surface area contributed by atoms with Gasteiger partial charge in [0, 0.05) is 36.8 Å². The molecule has 0 aromatic heterocycles. The van der Waals surface area contributed by atoms with Crippen LogP contribution in [0.4, 0.5) is 5.69 Å². The molecule has 1 aromatic carbocycles.